The number of hydrogen-bond donors (Lipinski definition) is 2. The van der Waals surface area contributed by atoms with Crippen LogP contribution in [0.4, 0.5) is 9.52 Å². The lowest BCUT2D eigenvalue weighted by Gasteiger charge is -2.29. The van der Waals surface area contributed by atoms with Crippen LogP contribution in [0.1, 0.15) is 54.0 Å². The number of benzene rings is 1. The van der Waals surface area contributed by atoms with Crippen molar-refractivity contribution in [2.75, 3.05) is 11.9 Å². The number of nitrogens with zero attached hydrogens (tertiary/aromatic N) is 2. The Labute approximate surface area is 203 Å². The Morgan fingerprint density at radius 3 is 2.71 bits per heavy atom. The highest BCUT2D eigenvalue weighted by molar-refractivity contribution is 7.89. The summed E-state index contributed by atoms with van der Waals surface area (Å²) in [5.41, 5.74) is 3.38. The Morgan fingerprint density at radius 1 is 1.18 bits per heavy atom. The number of rotatable bonds is 6. The number of anilines is 1. The highest BCUT2D eigenvalue weighted by Gasteiger charge is 2.28. The number of nitrogens with one attached hydrogen (secondary N) is 2. The van der Waals surface area contributed by atoms with Gasteiger partial charge in [-0.2, -0.15) is 0 Å². The zero-order chi connectivity index (χ0) is 23.9. The van der Waals surface area contributed by atoms with Crippen molar-refractivity contribution in [3.8, 4) is 11.3 Å². The molecule has 1 aromatic carbocycles. The molecule has 0 amide bonds. The number of sulfonamides is 1. The van der Waals surface area contributed by atoms with Crippen molar-refractivity contribution in [1.29, 1.82) is 0 Å². The first-order valence-corrected chi connectivity index (χ1v) is 14.1. The Morgan fingerprint density at radius 2 is 1.97 bits per heavy atom. The second-order valence-electron chi connectivity index (χ2n) is 9.31. The summed E-state index contributed by atoms with van der Waals surface area (Å²) in [6.45, 7) is 3.65. The van der Waals surface area contributed by atoms with Crippen LogP contribution in [0.5, 0.6) is 0 Å². The fraction of sp³-hybridized carbons (Fsp3) is 0.500. The van der Waals surface area contributed by atoms with E-state index in [0.29, 0.717) is 24.0 Å². The van der Waals surface area contributed by atoms with Gasteiger partial charge in [-0.1, -0.05) is 11.2 Å². The van der Waals surface area contributed by atoms with Crippen LogP contribution in [0.25, 0.3) is 11.3 Å². The Bertz CT molecular complexity index is 1270. The van der Waals surface area contributed by atoms with E-state index in [-0.39, 0.29) is 16.6 Å². The van der Waals surface area contributed by atoms with E-state index in [0.717, 1.165) is 66.9 Å². The van der Waals surface area contributed by atoms with Crippen LogP contribution in [0.3, 0.4) is 0 Å². The van der Waals surface area contributed by atoms with E-state index in [4.69, 9.17) is 9.51 Å². The molecule has 1 saturated carbocycles. The maximum absolute atomic E-state index is 13.9. The van der Waals surface area contributed by atoms with Crippen molar-refractivity contribution in [3.63, 3.8) is 0 Å². The number of hydrogen-bond acceptors (Lipinski definition) is 7. The third-order valence-corrected chi connectivity index (χ3v) is 9.56. The normalized spacial score (nSPS) is 20.4. The second-order valence-corrected chi connectivity index (χ2v) is 12.1. The van der Waals surface area contributed by atoms with Crippen LogP contribution < -0.4 is 10.0 Å². The predicted octanol–water partition coefficient (Wildman–Crippen LogP) is 4.99. The van der Waals surface area contributed by atoms with Crippen LogP contribution >= 0.6 is 11.3 Å². The molecule has 10 heteroatoms. The highest BCUT2D eigenvalue weighted by atomic mass is 32.2. The molecule has 0 saturated heterocycles. The molecule has 0 aliphatic heterocycles. The molecule has 7 nitrogen and oxygen atoms in total. The summed E-state index contributed by atoms with van der Waals surface area (Å²) in [6, 6.07) is 5.32. The zero-order valence-corrected chi connectivity index (χ0v) is 21.0. The summed E-state index contributed by atoms with van der Waals surface area (Å²) in [7, 11) is -3.63. The Balaban J connectivity index is 1.18. The van der Waals surface area contributed by atoms with E-state index in [9.17, 15) is 12.8 Å². The standard InChI is InChI=1S/C24H29FN4O3S2/c1-14-23(15(2)32-29-14)34(30,31)26-13-16-6-10-19(11-7-16)27-24-28-22-20-12-18(25)9-8-17(20)4-3-5-21(22)33-24/h8-9,12,16,19,26H,3-7,10-11,13H2,1-2H3,(H,27,28)/t16-,19-. The molecule has 3 aromatic rings. The molecule has 182 valence electrons. The molecule has 2 aliphatic carbocycles. The van der Waals surface area contributed by atoms with E-state index < -0.39 is 10.0 Å². The van der Waals surface area contributed by atoms with Gasteiger partial charge >= 0.3 is 0 Å². The van der Waals surface area contributed by atoms with Crippen molar-refractivity contribution < 1.29 is 17.3 Å². The SMILES string of the molecule is Cc1noc(C)c1S(=O)(=O)NC[C@H]1CC[C@H](Nc2nc3c(s2)CCCc2ccc(F)cc2-3)CC1. The van der Waals surface area contributed by atoms with Crippen LogP contribution in [-0.2, 0) is 22.9 Å². The van der Waals surface area contributed by atoms with E-state index in [1.807, 2.05) is 6.07 Å². The molecule has 0 radical (unpaired) electrons. The van der Waals surface area contributed by atoms with Crippen molar-refractivity contribution in [1.82, 2.24) is 14.9 Å². The molecule has 2 heterocycles. The van der Waals surface area contributed by atoms with E-state index >= 15 is 0 Å². The van der Waals surface area contributed by atoms with Gasteiger partial charge in [0.25, 0.3) is 0 Å². The lowest BCUT2D eigenvalue weighted by Crippen LogP contribution is -2.34. The van der Waals surface area contributed by atoms with Gasteiger partial charge in [-0.15, -0.1) is 11.3 Å². The molecular weight excluding hydrogens is 475 g/mol. The summed E-state index contributed by atoms with van der Waals surface area (Å²) in [5.74, 6) is 0.374. The van der Waals surface area contributed by atoms with Crippen LogP contribution in [0.15, 0.2) is 27.6 Å². The molecule has 2 N–H and O–H groups in total. The lowest BCUT2D eigenvalue weighted by atomic mass is 9.86. The fourth-order valence-electron chi connectivity index (χ4n) is 5.06. The van der Waals surface area contributed by atoms with Crippen LogP contribution in [-0.4, -0.2) is 31.1 Å². The third-order valence-electron chi connectivity index (χ3n) is 6.85. The highest BCUT2D eigenvalue weighted by Crippen LogP contribution is 2.38. The topological polar surface area (TPSA) is 97.1 Å². The zero-order valence-electron chi connectivity index (χ0n) is 19.4. The minimum Gasteiger partial charge on any atom is -0.360 e. The Hall–Kier alpha value is -2.30. The van der Waals surface area contributed by atoms with E-state index in [2.05, 4.69) is 15.2 Å². The number of fused-ring (bicyclic) bond motifs is 3. The van der Waals surface area contributed by atoms with Gasteiger partial charge in [0, 0.05) is 23.0 Å². The number of thiazole rings is 1. The smallest absolute Gasteiger partial charge is 0.245 e. The molecule has 34 heavy (non-hydrogen) atoms. The molecule has 1 fully saturated rings. The van der Waals surface area contributed by atoms with Crippen molar-refractivity contribution in [3.05, 3.63) is 45.9 Å². The Kier molecular flexibility index (Phi) is 6.47. The van der Waals surface area contributed by atoms with Crippen molar-refractivity contribution in [2.24, 2.45) is 5.92 Å². The summed E-state index contributed by atoms with van der Waals surface area (Å²) >= 11 is 1.68. The van der Waals surface area contributed by atoms with Gasteiger partial charge in [0.2, 0.25) is 10.0 Å². The van der Waals surface area contributed by atoms with Gasteiger partial charge in [0.05, 0.1) is 5.69 Å². The van der Waals surface area contributed by atoms with Gasteiger partial charge < -0.3 is 9.84 Å². The minimum absolute atomic E-state index is 0.146. The lowest BCUT2D eigenvalue weighted by molar-refractivity contribution is 0.337. The van der Waals surface area contributed by atoms with E-state index in [1.165, 1.54) is 10.9 Å². The largest absolute Gasteiger partial charge is 0.360 e. The monoisotopic (exact) mass is 504 g/mol. The quantitative estimate of drug-likeness (QED) is 0.491. The summed E-state index contributed by atoms with van der Waals surface area (Å²) in [5, 5.41) is 8.23. The van der Waals surface area contributed by atoms with Crippen molar-refractivity contribution in [2.45, 2.75) is 69.7 Å². The van der Waals surface area contributed by atoms with E-state index in [1.54, 1.807) is 31.3 Å². The summed E-state index contributed by atoms with van der Waals surface area (Å²) < 4.78 is 47.0. The van der Waals surface area contributed by atoms with Crippen molar-refractivity contribution >= 4 is 26.5 Å². The molecule has 0 spiro atoms. The number of halogens is 1. The van der Waals surface area contributed by atoms with Gasteiger partial charge in [0.1, 0.15) is 16.4 Å². The molecule has 0 bridgehead atoms. The first-order chi connectivity index (χ1) is 16.3. The molecular formula is C24H29FN4O3S2. The van der Waals surface area contributed by atoms with Crippen LogP contribution in [0.2, 0.25) is 0 Å². The second kappa shape index (κ2) is 9.39. The first-order valence-electron chi connectivity index (χ1n) is 11.8. The average molecular weight is 505 g/mol. The molecule has 0 unspecified atom stereocenters. The summed E-state index contributed by atoms with van der Waals surface area (Å²) in [4.78, 5) is 6.22. The van der Waals surface area contributed by atoms with Gasteiger partial charge in [-0.25, -0.2) is 22.5 Å². The molecule has 0 atom stereocenters. The number of aryl methyl sites for hydroxylation is 4. The van der Waals surface area contributed by atoms with Gasteiger partial charge in [-0.05, 0) is 82.4 Å². The molecule has 5 rings (SSSR count). The number of aromatic nitrogens is 2. The van der Waals surface area contributed by atoms with Gasteiger partial charge in [-0.3, -0.25) is 0 Å². The fourth-order valence-corrected chi connectivity index (χ4v) is 7.60. The van der Waals surface area contributed by atoms with Gasteiger partial charge in [0.15, 0.2) is 10.9 Å². The third kappa shape index (κ3) is 4.76. The molecule has 2 aromatic heterocycles. The summed E-state index contributed by atoms with van der Waals surface area (Å²) in [6.07, 6.45) is 6.72. The maximum Gasteiger partial charge on any atom is 0.245 e. The molecule has 2 aliphatic rings. The minimum atomic E-state index is -3.63. The predicted molar refractivity (Wildman–Crippen MR) is 130 cm³/mol. The maximum atomic E-state index is 13.9. The first kappa shape index (κ1) is 23.4. The average Bonchev–Trinajstić information content (AvgIpc) is 3.32. The van der Waals surface area contributed by atoms with Crippen LogP contribution in [0, 0.1) is 25.6 Å².